The van der Waals surface area contributed by atoms with Crippen LogP contribution in [0.4, 0.5) is 5.69 Å². The highest BCUT2D eigenvalue weighted by molar-refractivity contribution is 7.08. The van der Waals surface area contributed by atoms with Crippen molar-refractivity contribution in [2.24, 2.45) is 0 Å². The third-order valence-electron chi connectivity index (χ3n) is 3.27. The first-order chi connectivity index (χ1) is 10.1. The Balaban J connectivity index is 1.76. The average molecular weight is 302 g/mol. The SMILES string of the molecule is C[C@H](NC(=O)c1ccsc1)c1ccc2c(c1)NC(=O)CO2. The average Bonchev–Trinajstić information content (AvgIpc) is 3.00. The Morgan fingerprint density at radius 3 is 3.05 bits per heavy atom. The first kappa shape index (κ1) is 13.6. The number of carbonyl (C=O) groups excluding carboxylic acids is 2. The number of fused-ring (bicyclic) bond motifs is 1. The standard InChI is InChI=1S/C15H14N2O3S/c1-9(16-15(19)11-4-5-21-8-11)10-2-3-13-12(6-10)17-14(18)7-20-13/h2-6,8-9H,7H2,1H3,(H,16,19)(H,17,18)/t9-/m0/s1. The number of nitrogens with one attached hydrogen (secondary N) is 2. The highest BCUT2D eigenvalue weighted by atomic mass is 32.1. The van der Waals surface area contributed by atoms with E-state index in [-0.39, 0.29) is 24.5 Å². The largest absolute Gasteiger partial charge is 0.482 e. The molecule has 1 aromatic carbocycles. The molecule has 3 rings (SSSR count). The summed E-state index contributed by atoms with van der Waals surface area (Å²) >= 11 is 1.48. The molecule has 2 N–H and O–H groups in total. The van der Waals surface area contributed by atoms with Gasteiger partial charge in [-0.3, -0.25) is 9.59 Å². The molecule has 0 unspecified atom stereocenters. The summed E-state index contributed by atoms with van der Waals surface area (Å²) in [6.07, 6.45) is 0. The highest BCUT2D eigenvalue weighted by Gasteiger charge is 2.18. The minimum Gasteiger partial charge on any atom is -0.482 e. The zero-order chi connectivity index (χ0) is 14.8. The molecule has 2 heterocycles. The van der Waals surface area contributed by atoms with Gasteiger partial charge in [-0.05, 0) is 36.1 Å². The van der Waals surface area contributed by atoms with Gasteiger partial charge in [-0.2, -0.15) is 11.3 Å². The quantitative estimate of drug-likeness (QED) is 0.915. The number of thiophene rings is 1. The molecule has 1 aromatic heterocycles. The van der Waals surface area contributed by atoms with E-state index in [1.54, 1.807) is 12.1 Å². The van der Waals surface area contributed by atoms with Crippen LogP contribution in [0.15, 0.2) is 35.0 Å². The fourth-order valence-electron chi connectivity index (χ4n) is 2.13. The lowest BCUT2D eigenvalue weighted by molar-refractivity contribution is -0.118. The normalized spacial score (nSPS) is 14.6. The van der Waals surface area contributed by atoms with Gasteiger partial charge in [-0.25, -0.2) is 0 Å². The van der Waals surface area contributed by atoms with Crippen LogP contribution in [-0.2, 0) is 4.79 Å². The summed E-state index contributed by atoms with van der Waals surface area (Å²) in [7, 11) is 0. The van der Waals surface area contributed by atoms with Crippen LogP contribution in [0.5, 0.6) is 5.75 Å². The minimum absolute atomic E-state index is 0.0385. The molecule has 0 fully saturated rings. The molecule has 0 radical (unpaired) electrons. The number of benzene rings is 1. The zero-order valence-corrected chi connectivity index (χ0v) is 12.2. The van der Waals surface area contributed by atoms with Crippen LogP contribution in [0.1, 0.15) is 28.9 Å². The predicted octanol–water partition coefficient (Wildman–Crippen LogP) is 2.57. The van der Waals surface area contributed by atoms with Crippen LogP contribution in [-0.4, -0.2) is 18.4 Å². The van der Waals surface area contributed by atoms with E-state index in [9.17, 15) is 9.59 Å². The molecule has 21 heavy (non-hydrogen) atoms. The summed E-state index contributed by atoms with van der Waals surface area (Å²) in [5.41, 5.74) is 2.20. The van der Waals surface area contributed by atoms with Gasteiger partial charge in [-0.15, -0.1) is 0 Å². The van der Waals surface area contributed by atoms with E-state index in [4.69, 9.17) is 4.74 Å². The van der Waals surface area contributed by atoms with Crippen molar-refractivity contribution in [2.75, 3.05) is 11.9 Å². The Hall–Kier alpha value is -2.34. The number of ether oxygens (including phenoxy) is 1. The smallest absolute Gasteiger partial charge is 0.262 e. The summed E-state index contributed by atoms with van der Waals surface area (Å²) in [5.74, 6) is 0.367. The summed E-state index contributed by atoms with van der Waals surface area (Å²) < 4.78 is 5.31. The third kappa shape index (κ3) is 2.90. The van der Waals surface area contributed by atoms with Crippen LogP contribution in [0, 0.1) is 0 Å². The summed E-state index contributed by atoms with van der Waals surface area (Å²) in [6, 6.07) is 7.13. The molecule has 0 saturated carbocycles. The lowest BCUT2D eigenvalue weighted by Gasteiger charge is -2.20. The van der Waals surface area contributed by atoms with Crippen LogP contribution in [0.3, 0.4) is 0 Å². The number of hydrogen-bond acceptors (Lipinski definition) is 4. The molecule has 0 aliphatic carbocycles. The highest BCUT2D eigenvalue weighted by Crippen LogP contribution is 2.30. The maximum absolute atomic E-state index is 12.0. The lowest BCUT2D eigenvalue weighted by Crippen LogP contribution is -2.27. The van der Waals surface area contributed by atoms with Crippen LogP contribution in [0.25, 0.3) is 0 Å². The molecule has 0 bridgehead atoms. The molecule has 1 atom stereocenters. The van der Waals surface area contributed by atoms with E-state index in [0.29, 0.717) is 17.0 Å². The fourth-order valence-corrected chi connectivity index (χ4v) is 2.76. The Kier molecular flexibility index (Phi) is 3.62. The van der Waals surface area contributed by atoms with Gasteiger partial charge in [0.25, 0.3) is 11.8 Å². The molecule has 1 aliphatic rings. The Bertz CT molecular complexity index is 682. The van der Waals surface area contributed by atoms with Crippen molar-refractivity contribution < 1.29 is 14.3 Å². The third-order valence-corrected chi connectivity index (χ3v) is 3.95. The van der Waals surface area contributed by atoms with Crippen molar-refractivity contribution in [3.8, 4) is 5.75 Å². The molecule has 0 saturated heterocycles. The predicted molar refractivity (Wildman–Crippen MR) is 80.8 cm³/mol. The van der Waals surface area contributed by atoms with Crippen molar-refractivity contribution in [1.82, 2.24) is 5.32 Å². The van der Waals surface area contributed by atoms with Crippen LogP contribution in [0.2, 0.25) is 0 Å². The second kappa shape index (κ2) is 5.57. The van der Waals surface area contributed by atoms with Crippen molar-refractivity contribution >= 4 is 28.8 Å². The maximum Gasteiger partial charge on any atom is 0.262 e. The van der Waals surface area contributed by atoms with E-state index < -0.39 is 0 Å². The molecule has 2 aromatic rings. The van der Waals surface area contributed by atoms with Gasteiger partial charge >= 0.3 is 0 Å². The first-order valence-corrected chi connectivity index (χ1v) is 7.47. The summed E-state index contributed by atoms with van der Waals surface area (Å²) in [4.78, 5) is 23.4. The summed E-state index contributed by atoms with van der Waals surface area (Å²) in [5, 5.41) is 9.37. The second-order valence-corrected chi connectivity index (χ2v) is 5.58. The van der Waals surface area contributed by atoms with E-state index in [1.165, 1.54) is 11.3 Å². The maximum atomic E-state index is 12.0. The second-order valence-electron chi connectivity index (χ2n) is 4.80. The lowest BCUT2D eigenvalue weighted by atomic mass is 10.1. The Morgan fingerprint density at radius 1 is 1.43 bits per heavy atom. The number of carbonyl (C=O) groups is 2. The molecule has 0 spiro atoms. The topological polar surface area (TPSA) is 67.4 Å². The molecular weight excluding hydrogens is 288 g/mol. The Labute approximate surface area is 125 Å². The van der Waals surface area contributed by atoms with E-state index in [1.807, 2.05) is 29.8 Å². The molecule has 2 amide bonds. The van der Waals surface area contributed by atoms with E-state index in [2.05, 4.69) is 10.6 Å². The molecule has 1 aliphatic heterocycles. The van der Waals surface area contributed by atoms with E-state index >= 15 is 0 Å². The van der Waals surface area contributed by atoms with E-state index in [0.717, 1.165) is 5.56 Å². The monoisotopic (exact) mass is 302 g/mol. The van der Waals surface area contributed by atoms with Gasteiger partial charge in [-0.1, -0.05) is 6.07 Å². The van der Waals surface area contributed by atoms with Crippen molar-refractivity contribution in [2.45, 2.75) is 13.0 Å². The number of anilines is 1. The van der Waals surface area contributed by atoms with Crippen LogP contribution < -0.4 is 15.4 Å². The molecule has 5 nitrogen and oxygen atoms in total. The molecule has 6 heteroatoms. The van der Waals surface area contributed by atoms with Gasteiger partial charge in [0.1, 0.15) is 5.75 Å². The number of amides is 2. The number of rotatable bonds is 3. The minimum atomic E-state index is -0.172. The fraction of sp³-hybridized carbons (Fsp3) is 0.200. The Morgan fingerprint density at radius 2 is 2.29 bits per heavy atom. The van der Waals surface area contributed by atoms with Gasteiger partial charge in [0, 0.05) is 5.38 Å². The van der Waals surface area contributed by atoms with Crippen molar-refractivity contribution in [3.63, 3.8) is 0 Å². The van der Waals surface area contributed by atoms with Crippen LogP contribution >= 0.6 is 11.3 Å². The van der Waals surface area contributed by atoms with Crippen molar-refractivity contribution in [3.05, 3.63) is 46.2 Å². The molecular formula is C15H14N2O3S. The van der Waals surface area contributed by atoms with Gasteiger partial charge < -0.3 is 15.4 Å². The van der Waals surface area contributed by atoms with Gasteiger partial charge in [0.15, 0.2) is 6.61 Å². The van der Waals surface area contributed by atoms with Crippen molar-refractivity contribution in [1.29, 1.82) is 0 Å². The first-order valence-electron chi connectivity index (χ1n) is 6.53. The van der Waals surface area contributed by atoms with Gasteiger partial charge in [0.2, 0.25) is 0 Å². The van der Waals surface area contributed by atoms with Gasteiger partial charge in [0.05, 0.1) is 17.3 Å². The zero-order valence-electron chi connectivity index (χ0n) is 11.4. The summed E-state index contributed by atoms with van der Waals surface area (Å²) in [6.45, 7) is 1.94. The molecule has 108 valence electrons. The number of hydrogen-bond donors (Lipinski definition) is 2.